The molecule has 0 aliphatic heterocycles. The van der Waals surface area contributed by atoms with E-state index in [-0.39, 0.29) is 49.3 Å². The number of allylic oxidation sites excluding steroid dienone is 4. The molecule has 19 heavy (non-hydrogen) atoms. The first-order chi connectivity index (χ1) is 7.22. The van der Waals surface area contributed by atoms with Crippen molar-refractivity contribution in [2.75, 3.05) is 14.2 Å². The normalized spacial score (nSPS) is 14.8. The van der Waals surface area contributed by atoms with Crippen LogP contribution in [0.4, 0.5) is 0 Å². The molecule has 0 aromatic rings. The predicted molar refractivity (Wildman–Crippen MR) is 84.8 cm³/mol. The van der Waals surface area contributed by atoms with Crippen LogP contribution >= 0.6 is 0 Å². The Morgan fingerprint density at radius 1 is 1.26 bits per heavy atom. The molecule has 0 aromatic heterocycles. The first-order valence-electron chi connectivity index (χ1n) is 5.56. The number of ether oxygens (including phenoxy) is 2. The van der Waals surface area contributed by atoms with Gasteiger partial charge in [-0.15, -0.1) is 6.42 Å². The monoisotopic (exact) mass is 465 g/mol. The standard InChI is InChI=1S/C12H21O2Si.3CH3.Pt/c1-5-11(15-12(13-3)14-4)10-8-6-7-9(10)2;;;;/h8,11-12H,5-6,15H2,1-4H3;3*1H3;/q4*-1;+4. The van der Waals surface area contributed by atoms with Crippen LogP contribution < -0.4 is 0 Å². The second kappa shape index (κ2) is 14.7. The molecule has 0 aromatic carbocycles. The fourth-order valence-corrected chi connectivity index (χ4v) is 3.99. The van der Waals surface area contributed by atoms with E-state index in [4.69, 9.17) is 9.47 Å². The van der Waals surface area contributed by atoms with Crippen molar-refractivity contribution in [2.24, 2.45) is 0 Å². The Balaban J connectivity index is -0.000000281. The van der Waals surface area contributed by atoms with E-state index < -0.39 is 9.52 Å². The maximum atomic E-state index is 5.31. The van der Waals surface area contributed by atoms with E-state index in [9.17, 15) is 0 Å². The molecule has 1 aliphatic carbocycles. The smallest absolute Gasteiger partial charge is 0.360 e. The molecule has 1 unspecified atom stereocenters. The maximum absolute atomic E-state index is 5.31. The fourth-order valence-electron chi connectivity index (χ4n) is 2.08. The van der Waals surface area contributed by atoms with Crippen molar-refractivity contribution in [1.82, 2.24) is 0 Å². The van der Waals surface area contributed by atoms with Crippen LogP contribution in [-0.2, 0) is 30.5 Å². The second-order valence-electron chi connectivity index (χ2n) is 3.91. The van der Waals surface area contributed by atoms with E-state index in [1.807, 2.05) is 0 Å². The molecule has 1 aliphatic rings. The van der Waals surface area contributed by atoms with E-state index >= 15 is 0 Å². The number of rotatable bonds is 6. The quantitative estimate of drug-likeness (QED) is 0.340. The van der Waals surface area contributed by atoms with Gasteiger partial charge in [0.15, 0.2) is 0 Å². The summed E-state index contributed by atoms with van der Waals surface area (Å²) in [6.07, 6.45) is 7.83. The Kier molecular flexibility index (Phi) is 21.4. The summed E-state index contributed by atoms with van der Waals surface area (Å²) >= 11 is 0. The van der Waals surface area contributed by atoms with Gasteiger partial charge in [0.2, 0.25) is 0 Å². The number of methoxy groups -OCH3 is 2. The fraction of sp³-hybridized carbons (Fsp3) is 0.533. The van der Waals surface area contributed by atoms with Gasteiger partial charge in [0.25, 0.3) is 0 Å². The van der Waals surface area contributed by atoms with Crippen molar-refractivity contribution in [3.05, 3.63) is 45.6 Å². The third-order valence-electron chi connectivity index (χ3n) is 3.06. The molecule has 0 saturated carbocycles. The number of hydrogen-bond acceptors (Lipinski definition) is 2. The Morgan fingerprint density at radius 3 is 2.11 bits per heavy atom. The van der Waals surface area contributed by atoms with Gasteiger partial charge in [-0.1, -0.05) is 25.8 Å². The van der Waals surface area contributed by atoms with Gasteiger partial charge in [0.05, 0.1) is 9.52 Å². The zero-order valence-electron chi connectivity index (χ0n) is 13.5. The molecule has 0 saturated heterocycles. The van der Waals surface area contributed by atoms with Crippen molar-refractivity contribution in [2.45, 2.75) is 38.1 Å². The SMILES string of the molecule is CCC([SiH2]C(OC)OC)C1=CC[C-]=C1C.[CH3-].[CH3-].[CH3-].[Pt+4]. The first-order valence-corrected chi connectivity index (χ1v) is 7.19. The maximum Gasteiger partial charge on any atom is 4.00 e. The Bertz CT molecular complexity index is 261. The van der Waals surface area contributed by atoms with Crippen LogP contribution in [0.1, 0.15) is 26.7 Å². The van der Waals surface area contributed by atoms with Gasteiger partial charge >= 0.3 is 21.1 Å². The van der Waals surface area contributed by atoms with Crippen molar-refractivity contribution >= 4 is 9.52 Å². The van der Waals surface area contributed by atoms with E-state index in [2.05, 4.69) is 26.0 Å². The van der Waals surface area contributed by atoms with E-state index in [1.165, 1.54) is 17.6 Å². The Morgan fingerprint density at radius 2 is 1.79 bits per heavy atom. The number of hydrogen-bond donors (Lipinski definition) is 0. The summed E-state index contributed by atoms with van der Waals surface area (Å²) in [5.74, 6) is 0.0456. The van der Waals surface area contributed by atoms with Crippen LogP contribution in [0, 0.1) is 28.4 Å². The van der Waals surface area contributed by atoms with Gasteiger partial charge in [0, 0.05) is 14.2 Å². The summed E-state index contributed by atoms with van der Waals surface area (Å²) in [6, 6.07) is 0. The minimum absolute atomic E-state index is 0. The summed E-state index contributed by atoms with van der Waals surface area (Å²) in [5, 5.41) is 0. The molecule has 0 amide bonds. The molecule has 1 rings (SSSR count). The molecule has 0 bridgehead atoms. The molecule has 2 nitrogen and oxygen atoms in total. The first kappa shape index (κ1) is 27.6. The van der Waals surface area contributed by atoms with Crippen LogP contribution in [-0.4, -0.2) is 29.7 Å². The van der Waals surface area contributed by atoms with Crippen LogP contribution in [0.5, 0.6) is 0 Å². The summed E-state index contributed by atoms with van der Waals surface area (Å²) in [5.41, 5.74) is 3.49. The molecule has 0 spiro atoms. The summed E-state index contributed by atoms with van der Waals surface area (Å²) in [7, 11) is 3.06. The average molecular weight is 466 g/mol. The molecule has 0 radical (unpaired) electrons. The van der Waals surface area contributed by atoms with Crippen molar-refractivity contribution < 1.29 is 30.5 Å². The third-order valence-corrected chi connectivity index (χ3v) is 5.70. The zero-order chi connectivity index (χ0) is 11.3. The van der Waals surface area contributed by atoms with E-state index in [0.29, 0.717) is 5.54 Å². The molecule has 116 valence electrons. The minimum atomic E-state index is -0.396. The second-order valence-corrected chi connectivity index (χ2v) is 6.03. The molecule has 0 N–H and O–H groups in total. The summed E-state index contributed by atoms with van der Waals surface area (Å²) in [6.45, 7) is 4.40. The minimum Gasteiger partial charge on any atom is -0.360 e. The zero-order valence-corrected chi connectivity index (χ0v) is 17.2. The predicted octanol–water partition coefficient (Wildman–Crippen LogP) is 3.36. The largest absolute Gasteiger partial charge is 4.00 e. The van der Waals surface area contributed by atoms with Crippen LogP contribution in [0.25, 0.3) is 0 Å². The van der Waals surface area contributed by atoms with Crippen molar-refractivity contribution in [3.8, 4) is 0 Å². The molecule has 1 atom stereocenters. The average Bonchev–Trinajstić information content (AvgIpc) is 2.67. The third kappa shape index (κ3) is 8.24. The van der Waals surface area contributed by atoms with E-state index in [1.54, 1.807) is 14.2 Å². The van der Waals surface area contributed by atoms with Crippen molar-refractivity contribution in [1.29, 1.82) is 0 Å². The van der Waals surface area contributed by atoms with Gasteiger partial charge in [-0.25, -0.2) is 5.57 Å². The molecular formula is C15H30O2PtSi. The Hall–Kier alpha value is 0.305. The van der Waals surface area contributed by atoms with Gasteiger partial charge in [0.1, 0.15) is 5.91 Å². The molecule has 0 heterocycles. The summed E-state index contributed by atoms with van der Waals surface area (Å²) in [4.78, 5) is 0. The molecule has 4 heteroatoms. The van der Waals surface area contributed by atoms with E-state index in [0.717, 1.165) is 6.42 Å². The molecular weight excluding hydrogens is 435 g/mol. The van der Waals surface area contributed by atoms with Crippen molar-refractivity contribution in [3.63, 3.8) is 0 Å². The van der Waals surface area contributed by atoms with Gasteiger partial charge in [-0.05, 0) is 0 Å². The van der Waals surface area contributed by atoms with Gasteiger partial charge < -0.3 is 31.8 Å². The van der Waals surface area contributed by atoms with Crippen LogP contribution in [0.2, 0.25) is 5.54 Å². The van der Waals surface area contributed by atoms with Gasteiger partial charge in [-0.2, -0.15) is 11.6 Å². The van der Waals surface area contributed by atoms with Crippen LogP contribution in [0.15, 0.2) is 17.2 Å². The topological polar surface area (TPSA) is 18.5 Å². The Labute approximate surface area is 138 Å². The van der Waals surface area contributed by atoms with Gasteiger partial charge in [-0.3, -0.25) is 6.08 Å². The molecule has 0 fully saturated rings. The summed E-state index contributed by atoms with van der Waals surface area (Å²) < 4.78 is 10.6. The van der Waals surface area contributed by atoms with Crippen LogP contribution in [0.3, 0.4) is 0 Å².